The Morgan fingerprint density at radius 3 is 2.48 bits per heavy atom. The van der Waals surface area contributed by atoms with E-state index in [2.05, 4.69) is 15.5 Å². The van der Waals surface area contributed by atoms with Crippen LogP contribution in [-0.4, -0.2) is 16.1 Å². The van der Waals surface area contributed by atoms with E-state index in [1.807, 2.05) is 60.0 Å². The molecule has 0 aliphatic carbocycles. The molecule has 0 aliphatic rings. The number of nitrogens with zero attached hydrogens (tertiary/aromatic N) is 3. The first-order valence-corrected chi connectivity index (χ1v) is 10.3. The zero-order valence-corrected chi connectivity index (χ0v) is 17.2. The Morgan fingerprint density at radius 2 is 1.77 bits per heavy atom. The minimum Gasteiger partial charge on any atom is -0.489 e. The van der Waals surface area contributed by atoms with Gasteiger partial charge in [-0.05, 0) is 47.5 Å². The molecule has 4 rings (SSSR count). The Kier molecular flexibility index (Phi) is 6.29. The molecule has 0 saturated carbocycles. The largest absolute Gasteiger partial charge is 0.489 e. The van der Waals surface area contributed by atoms with Crippen molar-refractivity contribution in [3.05, 3.63) is 105 Å². The van der Waals surface area contributed by atoms with Gasteiger partial charge < -0.3 is 4.74 Å². The zero-order valence-electron chi connectivity index (χ0n) is 16.3. The smallest absolute Gasteiger partial charge is 0.269 e. The molecule has 0 aliphatic heterocycles. The maximum Gasteiger partial charge on any atom is 0.269 e. The average molecular weight is 430 g/mol. The lowest BCUT2D eigenvalue weighted by Gasteiger charge is -2.06. The first kappa shape index (κ1) is 20.2. The van der Waals surface area contributed by atoms with Crippen molar-refractivity contribution in [2.24, 2.45) is 5.10 Å². The minimum absolute atomic E-state index is 0.0541. The molecule has 8 heteroatoms. The van der Waals surface area contributed by atoms with Gasteiger partial charge in [-0.15, -0.1) is 11.3 Å². The zero-order chi connectivity index (χ0) is 21.5. The van der Waals surface area contributed by atoms with Crippen LogP contribution in [0.25, 0.3) is 11.3 Å². The van der Waals surface area contributed by atoms with Crippen LogP contribution in [0.3, 0.4) is 0 Å². The van der Waals surface area contributed by atoms with Crippen LogP contribution in [0.15, 0.2) is 89.3 Å². The molecule has 0 spiro atoms. The Labute approximate surface area is 182 Å². The third-order valence-corrected chi connectivity index (χ3v) is 5.13. The van der Waals surface area contributed by atoms with Crippen molar-refractivity contribution in [2.75, 3.05) is 5.43 Å². The van der Waals surface area contributed by atoms with Crippen molar-refractivity contribution < 1.29 is 9.66 Å². The molecule has 0 radical (unpaired) electrons. The van der Waals surface area contributed by atoms with Crippen LogP contribution in [0.1, 0.15) is 11.1 Å². The van der Waals surface area contributed by atoms with Gasteiger partial charge in [0.2, 0.25) is 5.13 Å². The third-order valence-electron chi connectivity index (χ3n) is 4.38. The molecule has 1 aromatic heterocycles. The highest BCUT2D eigenvalue weighted by atomic mass is 32.1. The molecule has 0 amide bonds. The van der Waals surface area contributed by atoms with E-state index < -0.39 is 4.92 Å². The van der Waals surface area contributed by atoms with Gasteiger partial charge in [0.15, 0.2) is 0 Å². The Balaban J connectivity index is 1.31. The summed E-state index contributed by atoms with van der Waals surface area (Å²) in [6.07, 6.45) is 1.70. The molecular formula is C23H18N4O3S. The fraction of sp³-hybridized carbons (Fsp3) is 0.0435. The van der Waals surface area contributed by atoms with Crippen molar-refractivity contribution in [2.45, 2.75) is 6.61 Å². The fourth-order valence-electron chi connectivity index (χ4n) is 2.76. The van der Waals surface area contributed by atoms with Gasteiger partial charge in [-0.3, -0.25) is 15.5 Å². The highest BCUT2D eigenvalue weighted by Gasteiger charge is 2.08. The lowest BCUT2D eigenvalue weighted by molar-refractivity contribution is -0.384. The van der Waals surface area contributed by atoms with Crippen LogP contribution < -0.4 is 10.2 Å². The Morgan fingerprint density at radius 1 is 1.03 bits per heavy atom. The van der Waals surface area contributed by atoms with Gasteiger partial charge in [-0.1, -0.05) is 30.3 Å². The van der Waals surface area contributed by atoms with Crippen molar-refractivity contribution in [3.8, 4) is 17.0 Å². The number of benzene rings is 3. The predicted octanol–water partition coefficient (Wildman–Crippen LogP) is 5.74. The van der Waals surface area contributed by atoms with E-state index in [9.17, 15) is 10.1 Å². The maximum atomic E-state index is 10.8. The number of hydrogen-bond donors (Lipinski definition) is 1. The lowest BCUT2D eigenvalue weighted by Crippen LogP contribution is -1.95. The summed E-state index contributed by atoms with van der Waals surface area (Å²) in [6, 6.07) is 24.0. The second-order valence-electron chi connectivity index (χ2n) is 6.56. The van der Waals surface area contributed by atoms with Gasteiger partial charge in [0.25, 0.3) is 5.69 Å². The van der Waals surface area contributed by atoms with Crippen LogP contribution >= 0.6 is 11.3 Å². The second-order valence-corrected chi connectivity index (χ2v) is 7.41. The molecule has 154 valence electrons. The van der Waals surface area contributed by atoms with E-state index in [0.29, 0.717) is 11.7 Å². The molecule has 0 saturated heterocycles. The summed E-state index contributed by atoms with van der Waals surface area (Å²) in [4.78, 5) is 14.8. The van der Waals surface area contributed by atoms with E-state index in [0.717, 1.165) is 28.1 Å². The minimum atomic E-state index is -0.422. The number of thiazole rings is 1. The lowest BCUT2D eigenvalue weighted by atomic mass is 10.1. The van der Waals surface area contributed by atoms with E-state index in [1.165, 1.54) is 23.5 Å². The van der Waals surface area contributed by atoms with Crippen molar-refractivity contribution in [1.29, 1.82) is 0 Å². The monoisotopic (exact) mass is 430 g/mol. The van der Waals surface area contributed by atoms with Crippen molar-refractivity contribution in [1.82, 2.24) is 4.98 Å². The van der Waals surface area contributed by atoms with Crippen LogP contribution in [0, 0.1) is 10.1 Å². The highest BCUT2D eigenvalue weighted by Crippen LogP contribution is 2.26. The van der Waals surface area contributed by atoms with Crippen LogP contribution in [0.4, 0.5) is 10.8 Å². The molecule has 31 heavy (non-hydrogen) atoms. The van der Waals surface area contributed by atoms with Crippen molar-refractivity contribution in [3.63, 3.8) is 0 Å². The SMILES string of the molecule is O=[N+]([O-])c1ccc(-c2csc(N/N=C/c3ccc(OCc4ccccc4)cc3)n2)cc1. The van der Waals surface area contributed by atoms with Gasteiger partial charge in [0.1, 0.15) is 12.4 Å². The van der Waals surface area contributed by atoms with E-state index in [4.69, 9.17) is 4.74 Å². The van der Waals surface area contributed by atoms with E-state index in [1.54, 1.807) is 18.3 Å². The summed E-state index contributed by atoms with van der Waals surface area (Å²) in [7, 11) is 0. The van der Waals surface area contributed by atoms with E-state index >= 15 is 0 Å². The third kappa shape index (κ3) is 5.52. The molecular weight excluding hydrogens is 412 g/mol. The summed E-state index contributed by atoms with van der Waals surface area (Å²) < 4.78 is 5.78. The summed E-state index contributed by atoms with van der Waals surface area (Å²) in [5.74, 6) is 0.793. The number of hydrogen-bond acceptors (Lipinski definition) is 7. The molecule has 1 N–H and O–H groups in total. The van der Waals surface area contributed by atoms with Gasteiger partial charge in [0, 0.05) is 23.1 Å². The molecule has 7 nitrogen and oxygen atoms in total. The standard InChI is InChI=1S/C23H18N4O3S/c28-27(29)20-10-8-19(9-11-20)22-16-31-23(25-22)26-24-14-17-6-12-21(13-7-17)30-15-18-4-2-1-3-5-18/h1-14,16H,15H2,(H,25,26)/b24-14+. The molecule has 1 heterocycles. The number of aromatic nitrogens is 1. The topological polar surface area (TPSA) is 89.7 Å². The van der Waals surface area contributed by atoms with Gasteiger partial charge in [-0.2, -0.15) is 5.10 Å². The summed E-state index contributed by atoms with van der Waals surface area (Å²) in [5, 5.41) is 17.5. The summed E-state index contributed by atoms with van der Waals surface area (Å²) in [6.45, 7) is 0.525. The highest BCUT2D eigenvalue weighted by molar-refractivity contribution is 7.14. The molecule has 0 fully saturated rings. The van der Waals surface area contributed by atoms with Gasteiger partial charge in [-0.25, -0.2) is 4.98 Å². The normalized spacial score (nSPS) is 10.8. The number of nitro benzene ring substituents is 1. The summed E-state index contributed by atoms with van der Waals surface area (Å²) >= 11 is 1.41. The van der Waals surface area contributed by atoms with Crippen molar-refractivity contribution >= 4 is 28.4 Å². The predicted molar refractivity (Wildman–Crippen MR) is 123 cm³/mol. The number of non-ortho nitro benzene ring substituents is 1. The number of hydrazone groups is 1. The fourth-order valence-corrected chi connectivity index (χ4v) is 3.43. The Hall–Kier alpha value is -4.04. The number of rotatable bonds is 8. The number of ether oxygens (including phenoxy) is 1. The molecule has 3 aromatic carbocycles. The number of nitrogens with one attached hydrogen (secondary N) is 1. The van der Waals surface area contributed by atoms with Crippen LogP contribution in [0.2, 0.25) is 0 Å². The molecule has 0 atom stereocenters. The van der Waals surface area contributed by atoms with Gasteiger partial charge in [0.05, 0.1) is 16.8 Å². The average Bonchev–Trinajstić information content (AvgIpc) is 3.28. The quantitative estimate of drug-likeness (QED) is 0.219. The van der Waals surface area contributed by atoms with Crippen LogP contribution in [-0.2, 0) is 6.61 Å². The second kappa shape index (κ2) is 9.64. The van der Waals surface area contributed by atoms with Crippen LogP contribution in [0.5, 0.6) is 5.75 Å². The molecule has 4 aromatic rings. The van der Waals surface area contributed by atoms with E-state index in [-0.39, 0.29) is 5.69 Å². The van der Waals surface area contributed by atoms with Gasteiger partial charge >= 0.3 is 0 Å². The summed E-state index contributed by atoms with van der Waals surface area (Å²) in [5.41, 5.74) is 6.55. The molecule has 0 unspecified atom stereocenters. The number of nitro groups is 1. The first-order chi connectivity index (χ1) is 15.2. The maximum absolute atomic E-state index is 10.8. The Bertz CT molecular complexity index is 1170. The first-order valence-electron chi connectivity index (χ1n) is 9.43. The molecule has 0 bridgehead atoms. The number of anilines is 1.